The average Bonchev–Trinajstić information content (AvgIpc) is 2.47. The Kier molecular flexibility index (Phi) is 6.26. The van der Waals surface area contributed by atoms with E-state index in [1.807, 2.05) is 6.07 Å². The molecule has 8 heteroatoms. The van der Waals surface area contributed by atoms with Crippen LogP contribution < -0.4 is 4.90 Å². The van der Waals surface area contributed by atoms with Crippen LogP contribution in [0.1, 0.15) is 10.4 Å². The number of para-hydroxylation sites is 1. The maximum Gasteiger partial charge on any atom is 0.339 e. The molecule has 0 spiro atoms. The van der Waals surface area contributed by atoms with Crippen LogP contribution in [0.4, 0.5) is 5.69 Å². The highest BCUT2D eigenvalue weighted by atomic mass is 32.2. The summed E-state index contributed by atoms with van der Waals surface area (Å²) in [7, 11) is -0.459. The third-order valence-electron chi connectivity index (χ3n) is 2.84. The van der Waals surface area contributed by atoms with Crippen molar-refractivity contribution in [2.45, 2.75) is 4.90 Å². The van der Waals surface area contributed by atoms with Gasteiger partial charge in [0.25, 0.3) is 0 Å². The fourth-order valence-corrected chi connectivity index (χ4v) is 2.11. The second kappa shape index (κ2) is 7.73. The molecule has 0 atom stereocenters. The van der Waals surface area contributed by atoms with E-state index in [9.17, 15) is 17.8 Å². The Morgan fingerprint density at radius 2 is 1.65 bits per heavy atom. The van der Waals surface area contributed by atoms with Crippen molar-refractivity contribution in [2.75, 3.05) is 14.1 Å². The molecule has 7 nitrogen and oxygen atoms in total. The minimum atomic E-state index is -4.70. The highest BCUT2D eigenvalue weighted by Crippen LogP contribution is 2.20. The van der Waals surface area contributed by atoms with Gasteiger partial charge < -0.3 is 19.7 Å². The van der Waals surface area contributed by atoms with Gasteiger partial charge in [-0.3, -0.25) is 0 Å². The zero-order valence-corrected chi connectivity index (χ0v) is 13.4. The molecule has 0 fully saturated rings. The van der Waals surface area contributed by atoms with E-state index in [-0.39, 0.29) is 0 Å². The third kappa shape index (κ3) is 5.70. The number of hydrogen-bond acceptors (Lipinski definition) is 5. The Balaban J connectivity index is 0.000000253. The maximum atomic E-state index is 10.5. The molecule has 2 aromatic rings. The summed E-state index contributed by atoms with van der Waals surface area (Å²) < 4.78 is 31.5. The number of carboxylic acid groups (broad SMARTS) is 1. The lowest BCUT2D eigenvalue weighted by molar-refractivity contribution is -0.786. The molecule has 0 saturated carbocycles. The van der Waals surface area contributed by atoms with Gasteiger partial charge in [-0.05, 0) is 30.3 Å². The van der Waals surface area contributed by atoms with Crippen molar-refractivity contribution in [2.24, 2.45) is 0 Å². The van der Waals surface area contributed by atoms with Gasteiger partial charge in [0.15, 0.2) is 0 Å². The van der Waals surface area contributed by atoms with E-state index >= 15 is 0 Å². The zero-order valence-electron chi connectivity index (χ0n) is 12.6. The van der Waals surface area contributed by atoms with Gasteiger partial charge in [-0.15, -0.1) is 0 Å². The Bertz CT molecular complexity index is 772. The molecule has 0 heterocycles. The van der Waals surface area contributed by atoms with Gasteiger partial charge in [0.1, 0.15) is 27.1 Å². The van der Waals surface area contributed by atoms with E-state index in [2.05, 4.69) is 38.4 Å². The van der Waals surface area contributed by atoms with Crippen molar-refractivity contribution < 1.29 is 32.9 Å². The minimum absolute atomic E-state index is 0.593. The van der Waals surface area contributed by atoms with Gasteiger partial charge >= 0.3 is 5.97 Å². The summed E-state index contributed by atoms with van der Waals surface area (Å²) in [5, 5.41) is 17.5. The molecule has 0 aromatic heterocycles. The normalized spacial score (nSPS) is 10.8. The van der Waals surface area contributed by atoms with Gasteiger partial charge in [0, 0.05) is 0 Å². The van der Waals surface area contributed by atoms with E-state index in [4.69, 9.17) is 10.2 Å². The zero-order chi connectivity index (χ0) is 17.6. The molecule has 0 bridgehead atoms. The Labute approximate surface area is 134 Å². The molecule has 0 aliphatic rings. The summed E-state index contributed by atoms with van der Waals surface area (Å²) in [5.74, 6) is -2.10. The Hall–Kier alpha value is -2.42. The standard InChI is InChI=1S/C8H11N.C7H6O6S/c1-9(2)8-6-4-3-5-7-8;8-6-2-1-4(14(11,12)13)3-5(6)7(9)10/h3-7H,1-2H3;1-3,8H,(H,9,10)(H,11,12,13). The van der Waals surface area contributed by atoms with Crippen molar-refractivity contribution in [1.29, 1.82) is 0 Å². The molecule has 0 amide bonds. The second-order valence-corrected chi connectivity index (χ2v) is 6.18. The van der Waals surface area contributed by atoms with Crippen molar-refractivity contribution in [3.63, 3.8) is 0 Å². The monoisotopic (exact) mass is 339 g/mol. The number of aromatic hydroxyl groups is 1. The van der Waals surface area contributed by atoms with E-state index in [1.165, 1.54) is 10.6 Å². The average molecular weight is 339 g/mol. The predicted octanol–water partition coefficient (Wildman–Crippen LogP) is 0.457. The molecule has 0 aliphatic heterocycles. The number of carbonyl (C=O) groups is 1. The molecule has 0 aliphatic carbocycles. The van der Waals surface area contributed by atoms with Crippen LogP contribution in [0, 0.1) is 0 Å². The summed E-state index contributed by atoms with van der Waals surface area (Å²) in [5.41, 5.74) is 0.708. The van der Waals surface area contributed by atoms with Crippen LogP contribution in [0.15, 0.2) is 53.4 Å². The Morgan fingerprint density at radius 3 is 2.04 bits per heavy atom. The molecule has 0 unspecified atom stereocenters. The maximum absolute atomic E-state index is 10.5. The number of quaternary nitrogens is 1. The van der Waals surface area contributed by atoms with Crippen LogP contribution >= 0.6 is 0 Å². The molecular weight excluding hydrogens is 322 g/mol. The van der Waals surface area contributed by atoms with Gasteiger partial charge in [0.05, 0.1) is 19.0 Å². The van der Waals surface area contributed by atoms with E-state index < -0.39 is 32.3 Å². The third-order valence-corrected chi connectivity index (χ3v) is 3.67. The van der Waals surface area contributed by atoms with Crippen LogP contribution in [0.3, 0.4) is 0 Å². The number of hydrogen-bond donors (Lipinski definition) is 3. The number of phenols is 1. The summed E-state index contributed by atoms with van der Waals surface area (Å²) in [6.07, 6.45) is 0. The van der Waals surface area contributed by atoms with E-state index in [1.54, 1.807) is 0 Å². The molecule has 2 aromatic carbocycles. The van der Waals surface area contributed by atoms with Crippen LogP contribution in [-0.4, -0.2) is 43.2 Å². The number of carboxylic acids is 1. The number of benzene rings is 2. The Morgan fingerprint density at radius 1 is 1.09 bits per heavy atom. The summed E-state index contributed by atoms with van der Waals surface area (Å²) in [6, 6.07) is 12.7. The fourth-order valence-electron chi connectivity index (χ4n) is 1.61. The van der Waals surface area contributed by atoms with Gasteiger partial charge in [-0.1, -0.05) is 18.2 Å². The minimum Gasteiger partial charge on any atom is -0.744 e. The molecule has 3 N–H and O–H groups in total. The first-order valence-electron chi connectivity index (χ1n) is 6.50. The topological polar surface area (TPSA) is 119 Å². The first kappa shape index (κ1) is 18.6. The summed E-state index contributed by atoms with van der Waals surface area (Å²) in [6.45, 7) is 0. The molecule has 0 radical (unpaired) electrons. The summed E-state index contributed by atoms with van der Waals surface area (Å²) >= 11 is 0. The highest BCUT2D eigenvalue weighted by molar-refractivity contribution is 7.85. The first-order valence-corrected chi connectivity index (χ1v) is 7.91. The molecule has 0 saturated heterocycles. The van der Waals surface area contributed by atoms with Gasteiger partial charge in [-0.25, -0.2) is 13.2 Å². The lowest BCUT2D eigenvalue weighted by atomic mass is 10.2. The lowest BCUT2D eigenvalue weighted by Gasteiger charge is -2.08. The van der Waals surface area contributed by atoms with Crippen LogP contribution in [0.25, 0.3) is 0 Å². The van der Waals surface area contributed by atoms with Gasteiger partial charge in [0.2, 0.25) is 0 Å². The van der Waals surface area contributed by atoms with E-state index in [0.29, 0.717) is 6.07 Å². The largest absolute Gasteiger partial charge is 0.744 e. The number of nitrogens with one attached hydrogen (secondary N) is 1. The molecule has 124 valence electrons. The van der Waals surface area contributed by atoms with Crippen molar-refractivity contribution in [3.05, 3.63) is 54.1 Å². The fraction of sp³-hybridized carbons (Fsp3) is 0.133. The SMILES string of the molecule is C[NH+](C)c1ccccc1.O=C(O)c1cc(S(=O)(=O)[O-])ccc1O. The number of aromatic carboxylic acids is 1. The number of rotatable bonds is 3. The highest BCUT2D eigenvalue weighted by Gasteiger charge is 2.12. The van der Waals surface area contributed by atoms with Crippen molar-refractivity contribution in [3.8, 4) is 5.75 Å². The second-order valence-electron chi connectivity index (χ2n) is 4.80. The first-order chi connectivity index (χ1) is 10.6. The summed E-state index contributed by atoms with van der Waals surface area (Å²) in [4.78, 5) is 11.1. The van der Waals surface area contributed by atoms with Gasteiger partial charge in [-0.2, -0.15) is 0 Å². The van der Waals surface area contributed by atoms with Crippen LogP contribution in [0.2, 0.25) is 0 Å². The van der Waals surface area contributed by atoms with Crippen molar-refractivity contribution >= 4 is 21.8 Å². The molecule has 2 rings (SSSR count). The van der Waals surface area contributed by atoms with E-state index in [0.717, 1.165) is 12.1 Å². The molecular formula is C15H17NO6S. The van der Waals surface area contributed by atoms with Crippen LogP contribution in [-0.2, 0) is 10.1 Å². The van der Waals surface area contributed by atoms with Crippen LogP contribution in [0.5, 0.6) is 5.75 Å². The predicted molar refractivity (Wildman–Crippen MR) is 81.9 cm³/mol. The smallest absolute Gasteiger partial charge is 0.339 e. The quantitative estimate of drug-likeness (QED) is 0.699. The van der Waals surface area contributed by atoms with Crippen molar-refractivity contribution in [1.82, 2.24) is 0 Å². The molecule has 23 heavy (non-hydrogen) atoms. The lowest BCUT2D eigenvalue weighted by Crippen LogP contribution is -3.00.